The van der Waals surface area contributed by atoms with Crippen molar-refractivity contribution in [1.82, 2.24) is 9.55 Å². The summed E-state index contributed by atoms with van der Waals surface area (Å²) >= 11 is 0. The number of H-pyrrole nitrogens is 1. The van der Waals surface area contributed by atoms with Crippen LogP contribution in [0.2, 0.25) is 0 Å². The Balaban J connectivity index is 2.38. The van der Waals surface area contributed by atoms with Crippen LogP contribution in [0.1, 0.15) is 18.2 Å². The van der Waals surface area contributed by atoms with E-state index in [1.54, 1.807) is 0 Å². The lowest BCUT2D eigenvalue weighted by atomic mass is 10.2. The second-order valence-electron chi connectivity index (χ2n) is 4.07. The zero-order valence-electron chi connectivity index (χ0n) is 9.57. The molecule has 1 aliphatic heterocycles. The maximum Gasteiger partial charge on any atom is 0.330 e. The van der Waals surface area contributed by atoms with Crippen LogP contribution >= 0.6 is 0 Å². The highest BCUT2D eigenvalue weighted by Crippen LogP contribution is 2.27. The molecule has 3 atom stereocenters. The molecule has 0 unspecified atom stereocenters. The number of hydrogen-bond donors (Lipinski definition) is 3. The van der Waals surface area contributed by atoms with Crippen LogP contribution < -0.4 is 11.2 Å². The van der Waals surface area contributed by atoms with Crippen LogP contribution in [0.3, 0.4) is 0 Å². The van der Waals surface area contributed by atoms with Crippen LogP contribution in [0.25, 0.3) is 6.08 Å². The molecule has 3 N–H and O–H groups in total. The van der Waals surface area contributed by atoms with Crippen molar-refractivity contribution in [2.75, 3.05) is 6.61 Å². The van der Waals surface area contributed by atoms with E-state index in [9.17, 15) is 14.7 Å². The fourth-order valence-electron chi connectivity index (χ4n) is 1.91. The SMILES string of the molecule is C=Cc1cn([C@H]2C[C@@H](O)[C@@H](CO)O2)c(=O)[nH]c1=O. The number of nitrogens with one attached hydrogen (secondary N) is 1. The summed E-state index contributed by atoms with van der Waals surface area (Å²) < 4.78 is 6.51. The molecule has 0 spiro atoms. The lowest BCUT2D eigenvalue weighted by molar-refractivity contribution is -0.0459. The number of hydrogen-bond acceptors (Lipinski definition) is 5. The first kappa shape index (κ1) is 12.7. The Morgan fingerprint density at radius 2 is 2.33 bits per heavy atom. The summed E-state index contributed by atoms with van der Waals surface area (Å²) in [7, 11) is 0. The Morgan fingerprint density at radius 3 is 2.89 bits per heavy atom. The third kappa shape index (κ3) is 2.15. The molecule has 2 rings (SSSR count). The van der Waals surface area contributed by atoms with Gasteiger partial charge in [0.05, 0.1) is 18.3 Å². The average Bonchev–Trinajstić information content (AvgIpc) is 2.70. The molecule has 1 saturated heterocycles. The summed E-state index contributed by atoms with van der Waals surface area (Å²) in [5.41, 5.74) is -0.912. The quantitative estimate of drug-likeness (QED) is 0.630. The van der Waals surface area contributed by atoms with Crippen molar-refractivity contribution in [2.45, 2.75) is 24.9 Å². The van der Waals surface area contributed by atoms with E-state index in [-0.39, 0.29) is 18.6 Å². The van der Waals surface area contributed by atoms with Crippen molar-refractivity contribution in [3.05, 3.63) is 39.2 Å². The molecule has 1 aromatic heterocycles. The molecule has 7 nitrogen and oxygen atoms in total. The molecule has 18 heavy (non-hydrogen) atoms. The topological polar surface area (TPSA) is 105 Å². The highest BCUT2D eigenvalue weighted by molar-refractivity contribution is 5.43. The smallest absolute Gasteiger partial charge is 0.330 e. The Hall–Kier alpha value is -1.70. The van der Waals surface area contributed by atoms with Crippen molar-refractivity contribution in [2.24, 2.45) is 0 Å². The third-order valence-electron chi connectivity index (χ3n) is 2.91. The van der Waals surface area contributed by atoms with Gasteiger partial charge in [0.25, 0.3) is 5.56 Å². The van der Waals surface area contributed by atoms with Crippen LogP contribution in [0.5, 0.6) is 0 Å². The molecule has 1 aliphatic rings. The van der Waals surface area contributed by atoms with E-state index in [1.807, 2.05) is 0 Å². The van der Waals surface area contributed by atoms with Crippen LogP contribution in [-0.2, 0) is 4.74 Å². The second-order valence-corrected chi connectivity index (χ2v) is 4.07. The Labute approximate surface area is 102 Å². The largest absolute Gasteiger partial charge is 0.394 e. The number of aliphatic hydroxyl groups excluding tert-OH is 2. The number of nitrogens with zero attached hydrogens (tertiary/aromatic N) is 1. The predicted octanol–water partition coefficient (Wildman–Crippen LogP) is -1.18. The van der Waals surface area contributed by atoms with Crippen molar-refractivity contribution >= 4 is 6.08 Å². The first-order valence-electron chi connectivity index (χ1n) is 5.49. The first-order chi connectivity index (χ1) is 8.56. The van der Waals surface area contributed by atoms with Gasteiger partial charge < -0.3 is 14.9 Å². The molecule has 0 aliphatic carbocycles. The first-order valence-corrected chi connectivity index (χ1v) is 5.49. The standard InChI is InChI=1S/C11H14N2O5/c1-2-6-4-13(11(17)12-10(6)16)9-3-7(15)8(5-14)18-9/h2,4,7-9,14-15H,1,3,5H2,(H,12,16,17)/t7-,8-,9-/m1/s1. The van der Waals surface area contributed by atoms with E-state index in [4.69, 9.17) is 9.84 Å². The lowest BCUT2D eigenvalue weighted by Gasteiger charge is -2.14. The summed E-state index contributed by atoms with van der Waals surface area (Å²) in [5, 5.41) is 18.6. The predicted molar refractivity (Wildman–Crippen MR) is 63.0 cm³/mol. The summed E-state index contributed by atoms with van der Waals surface area (Å²) in [5.74, 6) is 0. The van der Waals surface area contributed by atoms with Gasteiger partial charge in [0.2, 0.25) is 0 Å². The van der Waals surface area contributed by atoms with Crippen LogP contribution in [0.15, 0.2) is 22.4 Å². The van der Waals surface area contributed by atoms with Gasteiger partial charge in [-0.15, -0.1) is 0 Å². The minimum absolute atomic E-state index is 0.174. The van der Waals surface area contributed by atoms with Crippen LogP contribution in [-0.4, -0.2) is 38.6 Å². The summed E-state index contributed by atoms with van der Waals surface area (Å²) in [4.78, 5) is 25.1. The minimum Gasteiger partial charge on any atom is -0.394 e. The highest BCUT2D eigenvalue weighted by Gasteiger charge is 2.34. The van der Waals surface area contributed by atoms with E-state index < -0.39 is 29.7 Å². The van der Waals surface area contributed by atoms with Gasteiger partial charge >= 0.3 is 5.69 Å². The zero-order chi connectivity index (χ0) is 13.3. The summed E-state index contributed by atoms with van der Waals surface area (Å²) in [6.45, 7) is 3.14. The summed E-state index contributed by atoms with van der Waals surface area (Å²) in [6, 6.07) is 0. The van der Waals surface area contributed by atoms with E-state index in [1.165, 1.54) is 16.8 Å². The van der Waals surface area contributed by atoms with Crippen LogP contribution in [0.4, 0.5) is 0 Å². The van der Waals surface area contributed by atoms with E-state index in [2.05, 4.69) is 11.6 Å². The molecule has 0 aromatic carbocycles. The molecule has 2 heterocycles. The number of aliphatic hydroxyl groups is 2. The van der Waals surface area contributed by atoms with Crippen molar-refractivity contribution < 1.29 is 14.9 Å². The second kappa shape index (κ2) is 4.89. The van der Waals surface area contributed by atoms with Gasteiger partial charge in [0.1, 0.15) is 12.3 Å². The lowest BCUT2D eigenvalue weighted by Crippen LogP contribution is -2.33. The van der Waals surface area contributed by atoms with Crippen molar-refractivity contribution in [1.29, 1.82) is 0 Å². The summed E-state index contributed by atoms with van der Waals surface area (Å²) in [6.07, 6.45) is 0.551. The highest BCUT2D eigenvalue weighted by atomic mass is 16.5. The van der Waals surface area contributed by atoms with Crippen molar-refractivity contribution in [3.8, 4) is 0 Å². The molecule has 7 heteroatoms. The normalized spacial score (nSPS) is 27.3. The Morgan fingerprint density at radius 1 is 1.61 bits per heavy atom. The van der Waals surface area contributed by atoms with Gasteiger partial charge in [-0.05, 0) is 0 Å². The number of aromatic amines is 1. The molecular weight excluding hydrogens is 240 g/mol. The zero-order valence-corrected chi connectivity index (χ0v) is 9.57. The molecule has 98 valence electrons. The fraction of sp³-hybridized carbons (Fsp3) is 0.455. The number of rotatable bonds is 3. The van der Waals surface area contributed by atoms with Gasteiger partial charge in [0.15, 0.2) is 0 Å². The van der Waals surface area contributed by atoms with Crippen molar-refractivity contribution in [3.63, 3.8) is 0 Å². The van der Waals surface area contributed by atoms with Gasteiger partial charge in [-0.2, -0.15) is 0 Å². The molecule has 0 amide bonds. The maximum atomic E-state index is 11.6. The number of aromatic nitrogens is 2. The molecular formula is C11H14N2O5. The fourth-order valence-corrected chi connectivity index (χ4v) is 1.91. The molecule has 1 fully saturated rings. The van der Waals surface area contributed by atoms with E-state index in [0.717, 1.165) is 0 Å². The molecule has 0 saturated carbocycles. The van der Waals surface area contributed by atoms with Gasteiger partial charge in [-0.1, -0.05) is 12.7 Å². The number of ether oxygens (including phenoxy) is 1. The maximum absolute atomic E-state index is 11.6. The van der Waals surface area contributed by atoms with Gasteiger partial charge in [0, 0.05) is 12.6 Å². The Bertz CT molecular complexity index is 561. The van der Waals surface area contributed by atoms with E-state index in [0.29, 0.717) is 0 Å². The minimum atomic E-state index is -0.842. The average molecular weight is 254 g/mol. The molecule has 1 aromatic rings. The monoisotopic (exact) mass is 254 g/mol. The third-order valence-corrected chi connectivity index (χ3v) is 2.91. The van der Waals surface area contributed by atoms with Gasteiger partial charge in [-0.3, -0.25) is 14.3 Å². The van der Waals surface area contributed by atoms with Gasteiger partial charge in [-0.25, -0.2) is 4.79 Å². The Kier molecular flexibility index (Phi) is 3.46. The molecule has 0 radical (unpaired) electrons. The molecule has 0 bridgehead atoms. The van der Waals surface area contributed by atoms with E-state index >= 15 is 0 Å². The van der Waals surface area contributed by atoms with Crippen LogP contribution in [0, 0.1) is 0 Å².